The van der Waals surface area contributed by atoms with Gasteiger partial charge in [-0.25, -0.2) is 0 Å². The topological polar surface area (TPSA) is 91.4 Å². The van der Waals surface area contributed by atoms with Gasteiger partial charge in [0, 0.05) is 35.1 Å². The van der Waals surface area contributed by atoms with Crippen LogP contribution in [0.3, 0.4) is 0 Å². The number of amides is 3. The third-order valence-electron chi connectivity index (χ3n) is 7.11. The van der Waals surface area contributed by atoms with Gasteiger partial charge in [-0.15, -0.1) is 0 Å². The molecule has 2 aliphatic rings. The van der Waals surface area contributed by atoms with Gasteiger partial charge in [-0.1, -0.05) is 17.7 Å². The van der Waals surface area contributed by atoms with E-state index in [1.165, 1.54) is 0 Å². The van der Waals surface area contributed by atoms with E-state index >= 15 is 0 Å². The van der Waals surface area contributed by atoms with Crippen LogP contribution >= 0.6 is 11.6 Å². The average molecular weight is 537 g/mol. The van der Waals surface area contributed by atoms with E-state index in [9.17, 15) is 27.6 Å². The second-order valence-corrected chi connectivity index (χ2v) is 10.3. The van der Waals surface area contributed by atoms with Crippen molar-refractivity contribution in [1.82, 2.24) is 20.5 Å². The quantitative estimate of drug-likeness (QED) is 0.549. The number of pyridine rings is 1. The summed E-state index contributed by atoms with van der Waals surface area (Å²) in [6.45, 7) is 5.76. The first-order valence-electron chi connectivity index (χ1n) is 12.1. The number of hydrogen-bond acceptors (Lipinski definition) is 4. The lowest BCUT2D eigenvalue weighted by Gasteiger charge is -2.27. The van der Waals surface area contributed by atoms with E-state index in [-0.39, 0.29) is 23.6 Å². The lowest BCUT2D eigenvalue weighted by molar-refractivity contribution is -0.137. The van der Waals surface area contributed by atoms with E-state index in [0.717, 1.165) is 19.0 Å². The molecule has 1 aliphatic heterocycles. The molecule has 2 heterocycles. The number of likely N-dealkylation sites (tertiary alicyclic amines) is 1. The molecule has 3 atom stereocenters. The molecule has 4 rings (SSSR count). The summed E-state index contributed by atoms with van der Waals surface area (Å²) in [5.74, 6) is -1.37. The van der Waals surface area contributed by atoms with E-state index in [1.807, 2.05) is 18.7 Å². The zero-order valence-electron chi connectivity index (χ0n) is 20.7. The normalized spacial score (nSPS) is 21.3. The van der Waals surface area contributed by atoms with Gasteiger partial charge < -0.3 is 15.5 Å². The smallest absolute Gasteiger partial charge is 0.347 e. The zero-order chi connectivity index (χ0) is 27.1. The van der Waals surface area contributed by atoms with Crippen molar-refractivity contribution in [2.24, 2.45) is 0 Å². The molecule has 0 bridgehead atoms. The fourth-order valence-electron chi connectivity index (χ4n) is 4.71. The highest BCUT2D eigenvalue weighted by atomic mass is 35.5. The van der Waals surface area contributed by atoms with Crippen LogP contribution in [0, 0.1) is 0 Å². The summed E-state index contributed by atoms with van der Waals surface area (Å²) in [4.78, 5) is 44.0. The van der Waals surface area contributed by atoms with Crippen LogP contribution < -0.4 is 10.6 Å². The molecule has 1 aliphatic carbocycles. The van der Waals surface area contributed by atoms with Crippen molar-refractivity contribution in [2.45, 2.75) is 76.3 Å². The van der Waals surface area contributed by atoms with Crippen LogP contribution in [0.5, 0.6) is 0 Å². The molecule has 11 heteroatoms. The first kappa shape index (κ1) is 26.9. The molecular weight excluding hydrogens is 509 g/mol. The largest absolute Gasteiger partial charge is 0.417 e. The lowest BCUT2D eigenvalue weighted by atomic mass is 10.0. The molecule has 1 aromatic carbocycles. The first-order valence-corrected chi connectivity index (χ1v) is 12.5. The van der Waals surface area contributed by atoms with E-state index in [1.54, 1.807) is 25.1 Å². The highest BCUT2D eigenvalue weighted by molar-refractivity contribution is 6.31. The van der Waals surface area contributed by atoms with E-state index in [4.69, 9.17) is 11.6 Å². The van der Waals surface area contributed by atoms with Crippen molar-refractivity contribution < 1.29 is 27.6 Å². The molecule has 1 aromatic heterocycles. The minimum Gasteiger partial charge on any atom is -0.347 e. The molecule has 2 N–H and O–H groups in total. The Morgan fingerprint density at radius 2 is 1.73 bits per heavy atom. The Morgan fingerprint density at radius 1 is 1.08 bits per heavy atom. The number of carbonyl (C=O) groups is 3. The van der Waals surface area contributed by atoms with Crippen molar-refractivity contribution in [3.8, 4) is 0 Å². The first-order chi connectivity index (χ1) is 17.3. The van der Waals surface area contributed by atoms with Gasteiger partial charge in [-0.05, 0) is 70.2 Å². The molecule has 2 fully saturated rings. The van der Waals surface area contributed by atoms with Gasteiger partial charge in [-0.3, -0.25) is 19.4 Å². The predicted molar refractivity (Wildman–Crippen MR) is 131 cm³/mol. The Bertz CT molecular complexity index is 1220. The molecule has 0 radical (unpaired) electrons. The third kappa shape index (κ3) is 5.58. The molecule has 1 saturated heterocycles. The van der Waals surface area contributed by atoms with Gasteiger partial charge in [-0.2, -0.15) is 13.2 Å². The Hall–Kier alpha value is -3.14. The predicted octanol–water partition coefficient (Wildman–Crippen LogP) is 4.91. The van der Waals surface area contributed by atoms with E-state index < -0.39 is 35.1 Å². The van der Waals surface area contributed by atoms with Crippen molar-refractivity contribution in [3.63, 3.8) is 0 Å². The highest BCUT2D eigenvalue weighted by Gasteiger charge is 2.51. The van der Waals surface area contributed by atoms with Crippen LogP contribution in [0.1, 0.15) is 84.3 Å². The van der Waals surface area contributed by atoms with Crippen molar-refractivity contribution in [3.05, 3.63) is 63.9 Å². The number of alkyl halides is 3. The van der Waals surface area contributed by atoms with Gasteiger partial charge in [0.25, 0.3) is 11.8 Å². The summed E-state index contributed by atoms with van der Waals surface area (Å²) < 4.78 is 38.9. The lowest BCUT2D eigenvalue weighted by Crippen LogP contribution is -2.49. The number of benzene rings is 1. The fraction of sp³-hybridized carbons (Fsp3) is 0.462. The average Bonchev–Trinajstić information content (AvgIpc) is 3.55. The Labute approximate surface area is 217 Å². The van der Waals surface area contributed by atoms with Gasteiger partial charge in [0.05, 0.1) is 17.2 Å². The molecular formula is C26H28ClF3N4O3. The molecule has 2 aromatic rings. The standard InChI is InChI=1S/C26H28ClF3N4O3/c1-14-4-5-15(2)34(14)23(36)17-6-7-20(21(27)11-17)16(3)32-24(37)25(8-9-25)33-22(35)18-10-19(13-31-12-18)26(28,29)30/h6-7,10-16H,4-5,8-9H2,1-3H3,(H,32,37)(H,33,35)/t14-,15+,16-/m0/s1. The Kier molecular flexibility index (Phi) is 7.25. The maximum Gasteiger partial charge on any atom is 0.417 e. The number of hydrogen-bond donors (Lipinski definition) is 2. The zero-order valence-corrected chi connectivity index (χ0v) is 21.4. The molecule has 0 spiro atoms. The number of nitrogens with zero attached hydrogens (tertiary/aromatic N) is 2. The van der Waals surface area contributed by atoms with Crippen LogP contribution in [-0.2, 0) is 11.0 Å². The number of halogens is 4. The second-order valence-electron chi connectivity index (χ2n) is 9.92. The number of carbonyl (C=O) groups excluding carboxylic acids is 3. The monoisotopic (exact) mass is 536 g/mol. The van der Waals surface area contributed by atoms with Crippen LogP contribution in [0.25, 0.3) is 0 Å². The molecule has 37 heavy (non-hydrogen) atoms. The SMILES string of the molecule is C[C@H](NC(=O)C1(NC(=O)c2cncc(C(F)(F)F)c2)CC1)c1ccc(C(=O)N2[C@H](C)CC[C@@H]2C)cc1Cl. The maximum absolute atomic E-state index is 13.0. The summed E-state index contributed by atoms with van der Waals surface area (Å²) in [5, 5.41) is 5.70. The minimum absolute atomic E-state index is 0.0913. The molecule has 3 amide bonds. The molecule has 1 saturated carbocycles. The summed E-state index contributed by atoms with van der Waals surface area (Å²) in [5.41, 5.74) is -1.49. The fourth-order valence-corrected chi connectivity index (χ4v) is 5.05. The Balaban J connectivity index is 1.42. The highest BCUT2D eigenvalue weighted by Crippen LogP contribution is 2.37. The van der Waals surface area contributed by atoms with Crippen molar-refractivity contribution in [1.29, 1.82) is 0 Å². The number of rotatable bonds is 6. The van der Waals surface area contributed by atoms with Gasteiger partial charge in [0.1, 0.15) is 5.54 Å². The molecule has 7 nitrogen and oxygen atoms in total. The summed E-state index contributed by atoms with van der Waals surface area (Å²) in [6.07, 6.45) is -0.402. The summed E-state index contributed by atoms with van der Waals surface area (Å²) >= 11 is 6.49. The number of aromatic nitrogens is 1. The van der Waals surface area contributed by atoms with Crippen molar-refractivity contribution >= 4 is 29.3 Å². The minimum atomic E-state index is -4.64. The third-order valence-corrected chi connectivity index (χ3v) is 7.44. The maximum atomic E-state index is 13.0. The summed E-state index contributed by atoms with van der Waals surface area (Å²) in [7, 11) is 0. The summed E-state index contributed by atoms with van der Waals surface area (Å²) in [6, 6.07) is 5.42. The van der Waals surface area contributed by atoms with Gasteiger partial charge in [0.15, 0.2) is 0 Å². The van der Waals surface area contributed by atoms with E-state index in [0.29, 0.717) is 41.3 Å². The van der Waals surface area contributed by atoms with Crippen LogP contribution in [0.2, 0.25) is 5.02 Å². The molecule has 0 unspecified atom stereocenters. The van der Waals surface area contributed by atoms with Crippen molar-refractivity contribution in [2.75, 3.05) is 0 Å². The molecule has 198 valence electrons. The van der Waals surface area contributed by atoms with Gasteiger partial charge >= 0.3 is 6.18 Å². The van der Waals surface area contributed by atoms with Gasteiger partial charge in [0.2, 0.25) is 5.91 Å². The Morgan fingerprint density at radius 3 is 2.30 bits per heavy atom. The van der Waals surface area contributed by atoms with Crippen LogP contribution in [0.15, 0.2) is 36.7 Å². The van der Waals surface area contributed by atoms with E-state index in [2.05, 4.69) is 15.6 Å². The van der Waals surface area contributed by atoms with Crippen LogP contribution in [-0.4, -0.2) is 45.2 Å². The second kappa shape index (κ2) is 9.96. The number of nitrogens with one attached hydrogen (secondary N) is 2. The van der Waals surface area contributed by atoms with Crippen LogP contribution in [0.4, 0.5) is 13.2 Å².